The SMILES string of the molecule is COCCSc1cc2c(cc1F)C(=O)C(=O)N2. The monoisotopic (exact) mass is 255 g/mol. The Balaban J connectivity index is 2.24. The van der Waals surface area contributed by atoms with Crippen LogP contribution in [-0.4, -0.2) is 31.2 Å². The van der Waals surface area contributed by atoms with Gasteiger partial charge in [0.05, 0.1) is 17.9 Å². The number of carbonyl (C=O) groups excluding carboxylic acids is 2. The molecule has 1 aliphatic rings. The summed E-state index contributed by atoms with van der Waals surface area (Å²) in [6.07, 6.45) is 0. The summed E-state index contributed by atoms with van der Waals surface area (Å²) in [6, 6.07) is 2.58. The number of thioether (sulfide) groups is 1. The standard InChI is InChI=1S/C11H10FNO3S/c1-16-2-3-17-9-5-8-6(4-7(9)12)10(14)11(15)13-8/h4-5H,2-3H2,1H3,(H,13,14,15). The topological polar surface area (TPSA) is 55.4 Å². The molecule has 0 radical (unpaired) electrons. The first kappa shape index (κ1) is 12.1. The van der Waals surface area contributed by atoms with E-state index in [2.05, 4.69) is 5.32 Å². The molecule has 6 heteroatoms. The first-order valence-electron chi connectivity index (χ1n) is 4.94. The van der Waals surface area contributed by atoms with Crippen molar-refractivity contribution in [3.63, 3.8) is 0 Å². The van der Waals surface area contributed by atoms with E-state index in [1.807, 2.05) is 0 Å². The summed E-state index contributed by atoms with van der Waals surface area (Å²) in [5.74, 6) is -1.28. The van der Waals surface area contributed by atoms with Gasteiger partial charge in [-0.1, -0.05) is 0 Å². The third kappa shape index (κ3) is 2.32. The molecule has 0 unspecified atom stereocenters. The average Bonchev–Trinajstić information content (AvgIpc) is 2.56. The second-order valence-electron chi connectivity index (χ2n) is 3.45. The van der Waals surface area contributed by atoms with E-state index in [1.165, 1.54) is 17.8 Å². The Morgan fingerprint density at radius 1 is 1.41 bits per heavy atom. The fraction of sp³-hybridized carbons (Fsp3) is 0.273. The number of Topliss-reactive ketones (excluding diaryl/α,β-unsaturated/α-hetero) is 1. The average molecular weight is 255 g/mol. The molecule has 1 N–H and O–H groups in total. The fourth-order valence-electron chi connectivity index (χ4n) is 1.49. The highest BCUT2D eigenvalue weighted by molar-refractivity contribution is 7.99. The van der Waals surface area contributed by atoms with Crippen LogP contribution in [0.5, 0.6) is 0 Å². The summed E-state index contributed by atoms with van der Waals surface area (Å²) < 4.78 is 18.5. The highest BCUT2D eigenvalue weighted by atomic mass is 32.2. The fourth-order valence-corrected chi connectivity index (χ4v) is 2.36. The lowest BCUT2D eigenvalue weighted by Gasteiger charge is -2.05. The third-order valence-electron chi connectivity index (χ3n) is 2.32. The predicted molar refractivity (Wildman–Crippen MR) is 62.0 cm³/mol. The molecule has 0 fully saturated rings. The minimum atomic E-state index is -0.710. The van der Waals surface area contributed by atoms with Crippen LogP contribution in [0.2, 0.25) is 0 Å². The smallest absolute Gasteiger partial charge is 0.296 e. The van der Waals surface area contributed by atoms with E-state index in [0.29, 0.717) is 22.9 Å². The van der Waals surface area contributed by atoms with Crippen molar-refractivity contribution < 1.29 is 18.7 Å². The molecule has 0 saturated carbocycles. The van der Waals surface area contributed by atoms with Gasteiger partial charge >= 0.3 is 0 Å². The molecule has 2 rings (SSSR count). The van der Waals surface area contributed by atoms with E-state index in [4.69, 9.17) is 4.74 Å². The molecule has 0 aliphatic carbocycles. The Labute approximate surface area is 102 Å². The molecule has 90 valence electrons. The van der Waals surface area contributed by atoms with Crippen molar-refractivity contribution in [1.82, 2.24) is 0 Å². The molecule has 1 aromatic carbocycles. The number of nitrogens with one attached hydrogen (secondary N) is 1. The number of rotatable bonds is 4. The zero-order chi connectivity index (χ0) is 12.4. The summed E-state index contributed by atoms with van der Waals surface area (Å²) in [5.41, 5.74) is 0.477. The molecule has 17 heavy (non-hydrogen) atoms. The second-order valence-corrected chi connectivity index (χ2v) is 4.59. The summed E-state index contributed by atoms with van der Waals surface area (Å²) in [4.78, 5) is 22.8. The van der Waals surface area contributed by atoms with Crippen molar-refractivity contribution in [2.75, 3.05) is 24.8 Å². The molecule has 4 nitrogen and oxygen atoms in total. The number of methoxy groups -OCH3 is 1. The molecule has 0 spiro atoms. The maximum Gasteiger partial charge on any atom is 0.296 e. The number of anilines is 1. The molecule has 0 aromatic heterocycles. The molecule has 0 atom stereocenters. The molecule has 1 aromatic rings. The predicted octanol–water partition coefficient (Wildman–Crippen LogP) is 1.70. The van der Waals surface area contributed by atoms with Crippen LogP contribution in [0.15, 0.2) is 17.0 Å². The Kier molecular flexibility index (Phi) is 3.44. The summed E-state index contributed by atoms with van der Waals surface area (Å²) in [7, 11) is 1.57. The Morgan fingerprint density at radius 3 is 2.88 bits per heavy atom. The van der Waals surface area contributed by atoms with E-state index in [0.717, 1.165) is 6.07 Å². The summed E-state index contributed by atoms with van der Waals surface area (Å²) >= 11 is 1.28. The number of carbonyl (C=O) groups is 2. The number of hydrogen-bond donors (Lipinski definition) is 1. The zero-order valence-electron chi connectivity index (χ0n) is 9.08. The van der Waals surface area contributed by atoms with Gasteiger partial charge in [0.15, 0.2) is 0 Å². The number of fused-ring (bicyclic) bond motifs is 1. The lowest BCUT2D eigenvalue weighted by molar-refractivity contribution is -0.112. The van der Waals surface area contributed by atoms with E-state index >= 15 is 0 Å². The normalized spacial score (nSPS) is 13.8. The van der Waals surface area contributed by atoms with Gasteiger partial charge in [-0.05, 0) is 12.1 Å². The van der Waals surface area contributed by atoms with Crippen molar-refractivity contribution >= 4 is 29.1 Å². The van der Waals surface area contributed by atoms with Crippen LogP contribution in [0, 0.1) is 5.82 Å². The van der Waals surface area contributed by atoms with Crippen LogP contribution in [0.25, 0.3) is 0 Å². The Hall–Kier alpha value is -1.40. The van der Waals surface area contributed by atoms with Gasteiger partial charge in [-0.25, -0.2) is 4.39 Å². The van der Waals surface area contributed by atoms with Crippen molar-refractivity contribution in [2.24, 2.45) is 0 Å². The molecule has 0 bridgehead atoms. The first-order chi connectivity index (χ1) is 8.13. The van der Waals surface area contributed by atoms with E-state index in [-0.39, 0.29) is 5.56 Å². The first-order valence-corrected chi connectivity index (χ1v) is 5.93. The summed E-state index contributed by atoms with van der Waals surface area (Å²) in [5, 5.41) is 2.41. The molecular weight excluding hydrogens is 245 g/mol. The van der Waals surface area contributed by atoms with E-state index < -0.39 is 17.5 Å². The minimum absolute atomic E-state index is 0.101. The number of amides is 1. The molecule has 1 heterocycles. The third-order valence-corrected chi connectivity index (χ3v) is 3.31. The Morgan fingerprint density at radius 2 is 2.18 bits per heavy atom. The molecule has 1 aliphatic heterocycles. The maximum absolute atomic E-state index is 13.6. The Bertz CT molecular complexity index is 490. The molecular formula is C11H10FNO3S. The largest absolute Gasteiger partial charge is 0.384 e. The van der Waals surface area contributed by atoms with Crippen LogP contribution in [0.1, 0.15) is 10.4 Å². The van der Waals surface area contributed by atoms with Crippen molar-refractivity contribution in [3.05, 3.63) is 23.5 Å². The van der Waals surface area contributed by atoms with Crippen molar-refractivity contribution in [2.45, 2.75) is 4.90 Å². The van der Waals surface area contributed by atoms with Gasteiger partial charge < -0.3 is 10.1 Å². The van der Waals surface area contributed by atoms with Crippen LogP contribution in [0.4, 0.5) is 10.1 Å². The number of benzene rings is 1. The number of ether oxygens (including phenoxy) is 1. The molecule has 0 saturated heterocycles. The van der Waals surface area contributed by atoms with Gasteiger partial charge in [-0.3, -0.25) is 9.59 Å². The zero-order valence-corrected chi connectivity index (χ0v) is 9.90. The maximum atomic E-state index is 13.6. The van der Waals surface area contributed by atoms with Crippen LogP contribution >= 0.6 is 11.8 Å². The van der Waals surface area contributed by atoms with Gasteiger partial charge in [-0.2, -0.15) is 0 Å². The van der Waals surface area contributed by atoms with Gasteiger partial charge in [0, 0.05) is 17.8 Å². The van der Waals surface area contributed by atoms with Gasteiger partial charge in [-0.15, -0.1) is 11.8 Å². The number of ketones is 1. The van der Waals surface area contributed by atoms with E-state index in [9.17, 15) is 14.0 Å². The summed E-state index contributed by atoms with van der Waals surface area (Å²) in [6.45, 7) is 0.506. The van der Waals surface area contributed by atoms with Gasteiger partial charge in [0.25, 0.3) is 11.7 Å². The molecule has 1 amide bonds. The van der Waals surface area contributed by atoms with Gasteiger partial charge in [0.1, 0.15) is 5.82 Å². The highest BCUT2D eigenvalue weighted by Gasteiger charge is 2.29. The lowest BCUT2D eigenvalue weighted by Crippen LogP contribution is -2.12. The van der Waals surface area contributed by atoms with E-state index in [1.54, 1.807) is 7.11 Å². The van der Waals surface area contributed by atoms with Crippen LogP contribution < -0.4 is 5.32 Å². The number of hydrogen-bond acceptors (Lipinski definition) is 4. The van der Waals surface area contributed by atoms with Crippen LogP contribution in [0.3, 0.4) is 0 Å². The van der Waals surface area contributed by atoms with Crippen molar-refractivity contribution in [1.29, 1.82) is 0 Å². The van der Waals surface area contributed by atoms with Crippen molar-refractivity contribution in [3.8, 4) is 0 Å². The highest BCUT2D eigenvalue weighted by Crippen LogP contribution is 2.31. The van der Waals surface area contributed by atoms with Crippen LogP contribution in [-0.2, 0) is 9.53 Å². The second kappa shape index (κ2) is 4.85. The quantitative estimate of drug-likeness (QED) is 0.505. The van der Waals surface area contributed by atoms with Gasteiger partial charge in [0.2, 0.25) is 0 Å². The lowest BCUT2D eigenvalue weighted by atomic mass is 10.1. The number of halogens is 1. The minimum Gasteiger partial charge on any atom is -0.384 e.